The number of hydrogen-bond donors (Lipinski definition) is 1. The molecule has 5 aromatic rings. The molecule has 5 nitrogen and oxygen atoms in total. The number of fused-ring (bicyclic) bond motifs is 3. The summed E-state index contributed by atoms with van der Waals surface area (Å²) in [6.07, 6.45) is 2.08. The SMILES string of the molecule is c1ccc(CCCNc2nc3c(-c4ccccc4)nnn3c3ccccc23)cc1. The fourth-order valence-corrected chi connectivity index (χ4v) is 3.63. The molecule has 5 rings (SSSR count). The van der Waals surface area contributed by atoms with Gasteiger partial charge in [-0.15, -0.1) is 5.10 Å². The lowest BCUT2D eigenvalue weighted by atomic mass is 10.1. The van der Waals surface area contributed by atoms with Crippen LogP contribution < -0.4 is 5.32 Å². The molecule has 2 aromatic heterocycles. The Hall–Kier alpha value is -3.73. The van der Waals surface area contributed by atoms with Gasteiger partial charge in [0.05, 0.1) is 5.52 Å². The maximum Gasteiger partial charge on any atom is 0.186 e. The van der Waals surface area contributed by atoms with Gasteiger partial charge in [-0.1, -0.05) is 78.0 Å². The zero-order valence-corrected chi connectivity index (χ0v) is 16.0. The molecule has 0 radical (unpaired) electrons. The van der Waals surface area contributed by atoms with E-state index in [9.17, 15) is 0 Å². The highest BCUT2D eigenvalue weighted by Crippen LogP contribution is 2.27. The predicted molar refractivity (Wildman–Crippen MR) is 117 cm³/mol. The number of anilines is 1. The fourth-order valence-electron chi connectivity index (χ4n) is 3.63. The molecule has 142 valence electrons. The molecule has 1 N–H and O–H groups in total. The number of aromatic nitrogens is 4. The highest BCUT2D eigenvalue weighted by molar-refractivity contribution is 5.93. The normalized spacial score (nSPS) is 11.2. The quantitative estimate of drug-likeness (QED) is 0.422. The summed E-state index contributed by atoms with van der Waals surface area (Å²) in [5.74, 6) is 0.876. The number of hydrogen-bond acceptors (Lipinski definition) is 4. The van der Waals surface area contributed by atoms with Crippen molar-refractivity contribution in [1.82, 2.24) is 19.8 Å². The van der Waals surface area contributed by atoms with Crippen molar-refractivity contribution in [1.29, 1.82) is 0 Å². The summed E-state index contributed by atoms with van der Waals surface area (Å²) in [5.41, 5.74) is 4.93. The van der Waals surface area contributed by atoms with E-state index in [1.165, 1.54) is 5.56 Å². The van der Waals surface area contributed by atoms with E-state index < -0.39 is 0 Å². The molecule has 0 atom stereocenters. The van der Waals surface area contributed by atoms with E-state index in [1.54, 1.807) is 0 Å². The lowest BCUT2D eigenvalue weighted by molar-refractivity contribution is 0.855. The van der Waals surface area contributed by atoms with Crippen LogP contribution in [0.15, 0.2) is 84.9 Å². The Bertz CT molecular complexity index is 1250. The van der Waals surface area contributed by atoms with Gasteiger partial charge in [-0.2, -0.15) is 4.52 Å². The molecular formula is C24H21N5. The highest BCUT2D eigenvalue weighted by Gasteiger charge is 2.15. The minimum absolute atomic E-state index is 0.764. The molecule has 0 saturated carbocycles. The van der Waals surface area contributed by atoms with Crippen molar-refractivity contribution in [2.24, 2.45) is 0 Å². The number of nitrogens with zero attached hydrogens (tertiary/aromatic N) is 4. The van der Waals surface area contributed by atoms with Crippen LogP contribution in [0.25, 0.3) is 27.8 Å². The van der Waals surface area contributed by atoms with Crippen molar-refractivity contribution in [3.8, 4) is 11.3 Å². The Morgan fingerprint density at radius 3 is 2.34 bits per heavy atom. The Balaban J connectivity index is 1.48. The van der Waals surface area contributed by atoms with Crippen LogP contribution in [0.5, 0.6) is 0 Å². The first-order chi connectivity index (χ1) is 14.4. The number of rotatable bonds is 6. The Morgan fingerprint density at radius 2 is 1.52 bits per heavy atom. The summed E-state index contributed by atoms with van der Waals surface area (Å²) in [4.78, 5) is 4.91. The molecule has 0 fully saturated rings. The van der Waals surface area contributed by atoms with Gasteiger partial charge in [0.1, 0.15) is 11.5 Å². The zero-order chi connectivity index (χ0) is 19.5. The van der Waals surface area contributed by atoms with Gasteiger partial charge in [0.15, 0.2) is 5.65 Å². The Kier molecular flexibility index (Phi) is 4.62. The standard InChI is InChI=1S/C24H21N5/c1-3-10-18(11-4-1)12-9-17-25-23-20-15-7-8-16-21(20)29-24(26-23)22(27-28-29)19-13-5-2-6-14-19/h1-8,10-11,13-16H,9,12,17H2,(H,25,26). The van der Waals surface area contributed by atoms with Crippen molar-refractivity contribution < 1.29 is 0 Å². The molecule has 0 saturated heterocycles. The van der Waals surface area contributed by atoms with Gasteiger partial charge < -0.3 is 5.32 Å². The fraction of sp³-hybridized carbons (Fsp3) is 0.125. The second-order valence-electron chi connectivity index (χ2n) is 7.03. The zero-order valence-electron chi connectivity index (χ0n) is 16.0. The van der Waals surface area contributed by atoms with Gasteiger partial charge >= 0.3 is 0 Å². The van der Waals surface area contributed by atoms with Gasteiger partial charge in [0, 0.05) is 17.5 Å². The van der Waals surface area contributed by atoms with Crippen molar-refractivity contribution in [3.63, 3.8) is 0 Å². The molecule has 2 heterocycles. The molecule has 0 bridgehead atoms. The molecule has 0 spiro atoms. The first kappa shape index (κ1) is 17.4. The van der Waals surface area contributed by atoms with Crippen LogP contribution in [0.3, 0.4) is 0 Å². The molecule has 5 heteroatoms. The third-order valence-electron chi connectivity index (χ3n) is 5.08. The Labute approximate surface area is 169 Å². The van der Waals surface area contributed by atoms with Crippen LogP contribution in [0.4, 0.5) is 5.82 Å². The van der Waals surface area contributed by atoms with E-state index in [4.69, 9.17) is 4.98 Å². The maximum atomic E-state index is 4.91. The average Bonchev–Trinajstić information content (AvgIpc) is 3.22. The number of aryl methyl sites for hydroxylation is 1. The van der Waals surface area contributed by atoms with Gasteiger partial charge in [-0.3, -0.25) is 0 Å². The third-order valence-corrected chi connectivity index (χ3v) is 5.08. The molecule has 0 aliphatic rings. The van der Waals surface area contributed by atoms with Crippen molar-refractivity contribution >= 4 is 22.4 Å². The van der Waals surface area contributed by atoms with Crippen LogP contribution in [-0.2, 0) is 6.42 Å². The van der Waals surface area contributed by atoms with E-state index in [0.717, 1.165) is 53.0 Å². The lowest BCUT2D eigenvalue weighted by Crippen LogP contribution is -2.07. The largest absolute Gasteiger partial charge is 0.369 e. The lowest BCUT2D eigenvalue weighted by Gasteiger charge is -2.10. The van der Waals surface area contributed by atoms with Crippen molar-refractivity contribution in [2.45, 2.75) is 12.8 Å². The summed E-state index contributed by atoms with van der Waals surface area (Å²) in [7, 11) is 0. The minimum Gasteiger partial charge on any atom is -0.369 e. The average molecular weight is 379 g/mol. The summed E-state index contributed by atoms with van der Waals surface area (Å²) in [6.45, 7) is 0.851. The molecule has 0 unspecified atom stereocenters. The second kappa shape index (κ2) is 7.72. The molecule has 0 aliphatic heterocycles. The first-order valence-electron chi connectivity index (χ1n) is 9.87. The van der Waals surface area contributed by atoms with E-state index in [1.807, 2.05) is 47.0 Å². The third kappa shape index (κ3) is 3.43. The molecule has 0 aliphatic carbocycles. The second-order valence-corrected chi connectivity index (χ2v) is 7.03. The molecular weight excluding hydrogens is 358 g/mol. The van der Waals surface area contributed by atoms with Crippen LogP contribution in [0.2, 0.25) is 0 Å². The van der Waals surface area contributed by atoms with Crippen molar-refractivity contribution in [2.75, 3.05) is 11.9 Å². The first-order valence-corrected chi connectivity index (χ1v) is 9.87. The van der Waals surface area contributed by atoms with Crippen LogP contribution >= 0.6 is 0 Å². The van der Waals surface area contributed by atoms with Gasteiger partial charge in [-0.05, 0) is 30.5 Å². The van der Waals surface area contributed by atoms with Crippen molar-refractivity contribution in [3.05, 3.63) is 90.5 Å². The highest BCUT2D eigenvalue weighted by atomic mass is 15.4. The summed E-state index contributed by atoms with van der Waals surface area (Å²) >= 11 is 0. The minimum atomic E-state index is 0.764. The predicted octanol–water partition coefficient (Wildman–Crippen LogP) is 4.99. The van der Waals surface area contributed by atoms with E-state index >= 15 is 0 Å². The molecule has 3 aromatic carbocycles. The monoisotopic (exact) mass is 379 g/mol. The van der Waals surface area contributed by atoms with Crippen LogP contribution in [0, 0.1) is 0 Å². The molecule has 29 heavy (non-hydrogen) atoms. The number of benzene rings is 3. The number of para-hydroxylation sites is 1. The molecule has 0 amide bonds. The van der Waals surface area contributed by atoms with Crippen LogP contribution in [0.1, 0.15) is 12.0 Å². The summed E-state index contributed by atoms with van der Waals surface area (Å²) < 4.78 is 1.83. The number of nitrogens with one attached hydrogen (secondary N) is 1. The van der Waals surface area contributed by atoms with Gasteiger partial charge in [-0.25, -0.2) is 4.98 Å². The van der Waals surface area contributed by atoms with Gasteiger partial charge in [0.2, 0.25) is 0 Å². The van der Waals surface area contributed by atoms with E-state index in [0.29, 0.717) is 0 Å². The maximum absolute atomic E-state index is 4.91. The van der Waals surface area contributed by atoms with E-state index in [2.05, 4.69) is 58.1 Å². The smallest absolute Gasteiger partial charge is 0.186 e. The topological polar surface area (TPSA) is 55.1 Å². The summed E-state index contributed by atoms with van der Waals surface area (Å²) in [6, 6.07) is 28.8. The van der Waals surface area contributed by atoms with Crippen LogP contribution in [-0.4, -0.2) is 26.4 Å². The summed E-state index contributed by atoms with van der Waals surface area (Å²) in [5, 5.41) is 13.4. The Morgan fingerprint density at radius 1 is 0.793 bits per heavy atom. The van der Waals surface area contributed by atoms with Gasteiger partial charge in [0.25, 0.3) is 0 Å². The van der Waals surface area contributed by atoms with E-state index in [-0.39, 0.29) is 0 Å².